The Kier molecular flexibility index (Phi) is 8.61. The van der Waals surface area contributed by atoms with Crippen LogP contribution in [0.1, 0.15) is 106 Å². The van der Waals surface area contributed by atoms with E-state index in [1.54, 1.807) is 0 Å². The number of rotatable bonds is 7. The van der Waals surface area contributed by atoms with E-state index in [9.17, 15) is 22.8 Å². The molecule has 5 unspecified atom stereocenters. The van der Waals surface area contributed by atoms with Crippen molar-refractivity contribution in [3.63, 3.8) is 0 Å². The highest BCUT2D eigenvalue weighted by Crippen LogP contribution is 2.87. The predicted molar refractivity (Wildman–Crippen MR) is 174 cm³/mol. The van der Waals surface area contributed by atoms with Crippen molar-refractivity contribution >= 4 is 12.2 Å². The Morgan fingerprint density at radius 3 is 2.35 bits per heavy atom. The average Bonchev–Trinajstić information content (AvgIpc) is 3.55. The summed E-state index contributed by atoms with van der Waals surface area (Å²) in [5, 5.41) is 5.61. The fourth-order valence-corrected chi connectivity index (χ4v) is 13.0. The quantitative estimate of drug-likeness (QED) is 0.293. The molecule has 7 fully saturated rings. The molecular weight excluding hydrogens is 623 g/mol. The summed E-state index contributed by atoms with van der Waals surface area (Å²) in [5.74, 6) is 2.56. The van der Waals surface area contributed by atoms with Crippen LogP contribution in [0.2, 0.25) is 0 Å². The second-order valence-electron chi connectivity index (χ2n) is 18.0. The maximum Gasteiger partial charge on any atom is 0.407 e. The lowest BCUT2D eigenvalue weighted by molar-refractivity contribution is -0.156. The highest BCUT2D eigenvalue weighted by molar-refractivity contribution is 5.68. The summed E-state index contributed by atoms with van der Waals surface area (Å²) in [5.41, 5.74) is 0.792. The van der Waals surface area contributed by atoms with Gasteiger partial charge < -0.3 is 24.8 Å². The molecule has 7 rings (SSSR count). The first kappa shape index (κ1) is 34.7. The molecular formula is C37H58F3N3O5. The van der Waals surface area contributed by atoms with Gasteiger partial charge in [-0.2, -0.15) is 13.2 Å². The maximum atomic E-state index is 12.9. The van der Waals surface area contributed by atoms with Crippen LogP contribution in [0.15, 0.2) is 0 Å². The third-order valence-electron chi connectivity index (χ3n) is 15.1. The van der Waals surface area contributed by atoms with Crippen molar-refractivity contribution in [3.8, 4) is 0 Å². The summed E-state index contributed by atoms with van der Waals surface area (Å²) in [6.07, 6.45) is 5.91. The summed E-state index contributed by atoms with van der Waals surface area (Å²) >= 11 is 0. The summed E-state index contributed by atoms with van der Waals surface area (Å²) in [6, 6.07) is -0.296. The first-order valence-corrected chi connectivity index (χ1v) is 18.9. The molecule has 8 nitrogen and oxygen atoms in total. The molecule has 0 aromatic rings. The number of fused-ring (bicyclic) bond motifs is 4. The van der Waals surface area contributed by atoms with Crippen LogP contribution in [-0.2, 0) is 14.2 Å². The number of alkyl carbamates (subject to hydrolysis) is 2. The Morgan fingerprint density at radius 2 is 1.67 bits per heavy atom. The SMILES string of the molecule is CCNC(=O)O[C@H](C(C)C)C1CCC2C(CC3C4CC[C@H]5C(C)(C)[C@@H](OC(=O)NC6CN(CC(F)(F)F)C6)CC[C@@]56C[C@@]46CC[C@]23C)O1. The summed E-state index contributed by atoms with van der Waals surface area (Å²) in [4.78, 5) is 26.6. The van der Waals surface area contributed by atoms with Crippen molar-refractivity contribution in [2.45, 2.75) is 142 Å². The number of ether oxygens (including phenoxy) is 3. The highest BCUT2D eigenvalue weighted by Gasteiger charge is 2.81. The van der Waals surface area contributed by atoms with Gasteiger partial charge in [0.25, 0.3) is 0 Å². The third-order valence-corrected chi connectivity index (χ3v) is 15.1. The standard InChI is InChI=1S/C37H58F3N3O5/c1-7-41-31(44)48-30(21(2)3)26-10-8-24-27(46-26)16-25-23-9-11-28-33(4,5)29(12-13-36(28)19-35(23,36)15-14-34(24,25)6)47-32(45)42-22-17-43(18-22)20-37(38,39)40/h21-30H,7-20H2,1-6H3,(H,41,44)(H,42,45)/t23?,24?,25?,26?,27?,28-,29-,30+,34+,35-,36+/m0/s1. The van der Waals surface area contributed by atoms with E-state index in [1.807, 2.05) is 6.92 Å². The number of nitrogens with one attached hydrogen (secondary N) is 2. The molecule has 2 spiro atoms. The highest BCUT2D eigenvalue weighted by atomic mass is 19.4. The van der Waals surface area contributed by atoms with Gasteiger partial charge in [0.15, 0.2) is 0 Å². The van der Waals surface area contributed by atoms with Crippen LogP contribution in [0.4, 0.5) is 22.8 Å². The molecule has 5 saturated carbocycles. The zero-order chi connectivity index (χ0) is 34.4. The van der Waals surface area contributed by atoms with Gasteiger partial charge >= 0.3 is 18.4 Å². The average molecular weight is 682 g/mol. The van der Waals surface area contributed by atoms with Gasteiger partial charge in [-0.25, -0.2) is 9.59 Å². The largest absolute Gasteiger partial charge is 0.446 e. The second-order valence-corrected chi connectivity index (χ2v) is 18.0. The lowest BCUT2D eigenvalue weighted by Gasteiger charge is -2.59. The van der Waals surface area contributed by atoms with Crippen LogP contribution in [-0.4, -0.2) is 79.9 Å². The molecule has 0 bridgehead atoms. The van der Waals surface area contributed by atoms with E-state index in [2.05, 4.69) is 45.3 Å². The fourth-order valence-electron chi connectivity index (χ4n) is 13.0. The molecule has 48 heavy (non-hydrogen) atoms. The first-order chi connectivity index (χ1) is 22.5. The molecule has 5 aliphatic carbocycles. The van der Waals surface area contributed by atoms with E-state index in [1.165, 1.54) is 30.6 Å². The summed E-state index contributed by atoms with van der Waals surface area (Å²) in [6.45, 7) is 13.3. The molecule has 7 aliphatic rings. The van der Waals surface area contributed by atoms with Crippen molar-refractivity contribution in [2.75, 3.05) is 26.2 Å². The minimum absolute atomic E-state index is 0.0639. The monoisotopic (exact) mass is 681 g/mol. The number of hydrogen-bond acceptors (Lipinski definition) is 6. The van der Waals surface area contributed by atoms with Gasteiger partial charge in [0, 0.05) is 25.0 Å². The van der Waals surface area contributed by atoms with E-state index in [0.29, 0.717) is 41.0 Å². The third kappa shape index (κ3) is 5.54. The molecule has 0 radical (unpaired) electrons. The number of likely N-dealkylation sites (tertiary alicyclic amines) is 1. The minimum Gasteiger partial charge on any atom is -0.446 e. The maximum absolute atomic E-state index is 12.9. The molecule has 0 aromatic heterocycles. The van der Waals surface area contributed by atoms with Crippen LogP contribution < -0.4 is 10.6 Å². The van der Waals surface area contributed by atoms with Crippen LogP contribution in [0.3, 0.4) is 0 Å². The van der Waals surface area contributed by atoms with E-state index < -0.39 is 18.8 Å². The number of carbonyl (C=O) groups is 2. The van der Waals surface area contributed by atoms with Crippen LogP contribution in [0.5, 0.6) is 0 Å². The number of hydrogen-bond donors (Lipinski definition) is 2. The number of nitrogens with zero attached hydrogens (tertiary/aromatic N) is 1. The van der Waals surface area contributed by atoms with Crippen LogP contribution in [0.25, 0.3) is 0 Å². The summed E-state index contributed by atoms with van der Waals surface area (Å²) in [7, 11) is 0. The second kappa shape index (κ2) is 11.9. The van der Waals surface area contributed by atoms with E-state index in [4.69, 9.17) is 14.2 Å². The number of halogens is 3. The zero-order valence-electron chi connectivity index (χ0n) is 29.8. The van der Waals surface area contributed by atoms with Gasteiger partial charge in [-0.1, -0.05) is 34.6 Å². The van der Waals surface area contributed by atoms with Gasteiger partial charge in [0.05, 0.1) is 24.8 Å². The molecule has 272 valence electrons. The Labute approximate surface area is 284 Å². The lowest BCUT2D eigenvalue weighted by atomic mass is 9.46. The lowest BCUT2D eigenvalue weighted by Crippen LogP contribution is -2.61. The van der Waals surface area contributed by atoms with Gasteiger partial charge in [-0.05, 0) is 117 Å². The zero-order valence-corrected chi connectivity index (χ0v) is 29.8. The van der Waals surface area contributed by atoms with Crippen LogP contribution >= 0.6 is 0 Å². The molecule has 2 aliphatic heterocycles. The number of carbonyl (C=O) groups excluding carboxylic acids is 2. The van der Waals surface area contributed by atoms with E-state index >= 15 is 0 Å². The van der Waals surface area contributed by atoms with Crippen molar-refractivity contribution in [1.82, 2.24) is 15.5 Å². The van der Waals surface area contributed by atoms with Crippen molar-refractivity contribution in [3.05, 3.63) is 0 Å². The van der Waals surface area contributed by atoms with Crippen LogP contribution in [0, 0.1) is 51.2 Å². The normalized spacial score (nSPS) is 43.8. The first-order valence-electron chi connectivity index (χ1n) is 18.9. The minimum atomic E-state index is -4.22. The topological polar surface area (TPSA) is 89.1 Å². The fraction of sp³-hybridized carbons (Fsp3) is 0.946. The van der Waals surface area contributed by atoms with Crippen molar-refractivity contribution in [2.24, 2.45) is 51.2 Å². The molecule has 2 saturated heterocycles. The smallest absolute Gasteiger partial charge is 0.407 e. The van der Waals surface area contributed by atoms with Gasteiger partial charge in [-0.15, -0.1) is 0 Å². The van der Waals surface area contributed by atoms with Crippen molar-refractivity contribution < 1.29 is 37.0 Å². The Morgan fingerprint density at radius 1 is 0.938 bits per heavy atom. The molecule has 2 N–H and O–H groups in total. The number of amides is 2. The molecule has 0 aromatic carbocycles. The Hall–Kier alpha value is -1.75. The van der Waals surface area contributed by atoms with E-state index in [0.717, 1.165) is 38.5 Å². The molecule has 2 heterocycles. The summed E-state index contributed by atoms with van der Waals surface area (Å²) < 4.78 is 57.0. The van der Waals surface area contributed by atoms with Crippen molar-refractivity contribution in [1.29, 1.82) is 0 Å². The van der Waals surface area contributed by atoms with Gasteiger partial charge in [-0.3, -0.25) is 4.90 Å². The molecule has 11 atom stereocenters. The Bertz CT molecular complexity index is 1260. The van der Waals surface area contributed by atoms with Gasteiger partial charge in [0.2, 0.25) is 0 Å². The molecule has 2 amide bonds. The Balaban J connectivity index is 0.990. The predicted octanol–water partition coefficient (Wildman–Crippen LogP) is 7.30. The number of alkyl halides is 3. The molecule has 11 heteroatoms. The van der Waals surface area contributed by atoms with Gasteiger partial charge in [0.1, 0.15) is 12.2 Å². The van der Waals surface area contributed by atoms with E-state index in [-0.39, 0.29) is 66.4 Å².